The molecule has 0 radical (unpaired) electrons. The summed E-state index contributed by atoms with van der Waals surface area (Å²) >= 11 is 0. The molecule has 51 heavy (non-hydrogen) atoms. The van der Waals surface area contributed by atoms with Crippen LogP contribution in [0.4, 0.5) is 0 Å². The van der Waals surface area contributed by atoms with Gasteiger partial charge >= 0.3 is 17.9 Å². The molecule has 0 saturated heterocycles. The maximum absolute atomic E-state index is 13.8. The maximum Gasteiger partial charge on any atom is 0.338 e. The summed E-state index contributed by atoms with van der Waals surface area (Å²) in [5.41, 5.74) is -5.73. The fourth-order valence-electron chi connectivity index (χ4n) is 10.0. The van der Waals surface area contributed by atoms with Crippen LogP contribution in [0.25, 0.3) is 0 Å². The molecule has 0 aliphatic heterocycles. The molecule has 268 valence electrons. The Kier molecular flexibility index (Phi) is 8.76. The predicted molar refractivity (Wildman–Crippen MR) is 188 cm³/mol. The third-order valence-corrected chi connectivity index (χ3v) is 13.1. The second-order valence-electron chi connectivity index (χ2n) is 15.4. The zero-order valence-electron chi connectivity index (χ0n) is 29.3. The summed E-state index contributed by atoms with van der Waals surface area (Å²) in [5, 5.41) is 38.8. The van der Waals surface area contributed by atoms with Crippen LogP contribution in [-0.4, -0.2) is 68.3 Å². The molecule has 3 N–H and O–H groups in total. The third kappa shape index (κ3) is 5.35. The first-order chi connectivity index (χ1) is 24.3. The summed E-state index contributed by atoms with van der Waals surface area (Å²) in [6, 6.07) is 25.9. The number of fused-ring (bicyclic) bond motifs is 5. The molecule has 0 aromatic heterocycles. The van der Waals surface area contributed by atoms with Crippen LogP contribution >= 0.6 is 0 Å². The van der Waals surface area contributed by atoms with Gasteiger partial charge in [0.1, 0.15) is 35.1 Å². The Hall–Kier alpha value is -4.31. The van der Waals surface area contributed by atoms with Gasteiger partial charge in [-0.25, -0.2) is 14.4 Å². The number of carbonyl (C=O) groups excluding carboxylic acids is 3. The minimum absolute atomic E-state index is 0.0115. The number of aliphatic hydroxyl groups is 3. The Morgan fingerprint density at radius 1 is 0.725 bits per heavy atom. The lowest BCUT2D eigenvalue weighted by molar-refractivity contribution is -0.324. The fraction of sp³-hybridized carbons (Fsp3) is 0.452. The molecule has 0 amide bonds. The highest BCUT2D eigenvalue weighted by Gasteiger charge is 2.81. The number of esters is 3. The molecule has 4 aliphatic carbocycles. The van der Waals surface area contributed by atoms with Crippen LogP contribution < -0.4 is 0 Å². The molecule has 0 heterocycles. The largest absolute Gasteiger partial charge is 0.458 e. The monoisotopic (exact) mass is 694 g/mol. The standard InChI is InChI=1S/C42H46O9/c1-27(49-35(43)28-13-7-4-8-14-28)40(46)23-24-42(48)39(40,3)34(51-37(45)30-17-11-6-12-18-30)26-33-38(2)21-20-32(25-31(38)19-22-41(33,42)47)50-36(44)29-15-9-5-10-16-29/h4-19,27,32-34,46-48H,20-26H2,1-3H3/t27-,32-,33+,34+,38-,39+,40+,41-,42+/m0/s1. The van der Waals surface area contributed by atoms with E-state index in [-0.39, 0.29) is 37.8 Å². The highest BCUT2D eigenvalue weighted by molar-refractivity contribution is 5.90. The van der Waals surface area contributed by atoms with Crippen molar-refractivity contribution in [2.24, 2.45) is 16.7 Å². The Balaban J connectivity index is 1.24. The molecule has 9 heteroatoms. The maximum atomic E-state index is 13.8. The molecule has 3 aromatic carbocycles. The van der Waals surface area contributed by atoms with Gasteiger partial charge in [-0.05, 0) is 87.3 Å². The Bertz CT molecular complexity index is 1830. The van der Waals surface area contributed by atoms with Gasteiger partial charge in [-0.3, -0.25) is 0 Å². The zero-order valence-corrected chi connectivity index (χ0v) is 29.3. The van der Waals surface area contributed by atoms with Crippen LogP contribution in [0, 0.1) is 16.7 Å². The van der Waals surface area contributed by atoms with Gasteiger partial charge in [0.2, 0.25) is 0 Å². The molecule has 4 aliphatic rings. The molecule has 3 aromatic rings. The van der Waals surface area contributed by atoms with Crippen molar-refractivity contribution in [1.82, 2.24) is 0 Å². The lowest BCUT2D eigenvalue weighted by Gasteiger charge is -2.67. The topological polar surface area (TPSA) is 140 Å². The van der Waals surface area contributed by atoms with E-state index in [0.29, 0.717) is 36.0 Å². The number of rotatable bonds is 7. The molecule has 9 atom stereocenters. The van der Waals surface area contributed by atoms with Crippen molar-refractivity contribution in [2.45, 2.75) is 101 Å². The molecule has 9 nitrogen and oxygen atoms in total. The van der Waals surface area contributed by atoms with Gasteiger partial charge in [0.25, 0.3) is 0 Å². The van der Waals surface area contributed by atoms with Crippen molar-refractivity contribution in [2.75, 3.05) is 0 Å². The van der Waals surface area contributed by atoms with Gasteiger partial charge in [-0.1, -0.05) is 80.1 Å². The van der Waals surface area contributed by atoms with Crippen LogP contribution in [0.15, 0.2) is 103 Å². The van der Waals surface area contributed by atoms with Gasteiger partial charge in [-0.2, -0.15) is 0 Å². The summed E-state index contributed by atoms with van der Waals surface area (Å²) in [5.74, 6) is -2.22. The van der Waals surface area contributed by atoms with E-state index in [1.54, 1.807) is 98.8 Å². The summed E-state index contributed by atoms with van der Waals surface area (Å²) in [4.78, 5) is 39.9. The summed E-state index contributed by atoms with van der Waals surface area (Å²) in [6.45, 7) is 5.31. The SMILES string of the molecule is C[C@H](OC(=O)c1ccccc1)[C@]1(O)CC[C@@]2(O)[C@]1(C)[C@H](OC(=O)c1ccccc1)C[C@@H]1[C@@]3(C)CC[C@H](OC(=O)c4ccccc4)CC3=CC[C@]12O. The summed E-state index contributed by atoms with van der Waals surface area (Å²) < 4.78 is 18.2. The van der Waals surface area contributed by atoms with Crippen molar-refractivity contribution in [3.8, 4) is 0 Å². The molecule has 0 spiro atoms. The normalized spacial score (nSPS) is 36.0. The second kappa shape index (κ2) is 12.7. The summed E-state index contributed by atoms with van der Waals surface area (Å²) in [7, 11) is 0. The lowest BCUT2D eigenvalue weighted by atomic mass is 9.42. The highest BCUT2D eigenvalue weighted by Crippen LogP contribution is 2.71. The van der Waals surface area contributed by atoms with E-state index in [1.807, 2.05) is 12.1 Å². The number of hydrogen-bond acceptors (Lipinski definition) is 9. The average molecular weight is 695 g/mol. The smallest absolute Gasteiger partial charge is 0.338 e. The Morgan fingerprint density at radius 2 is 1.25 bits per heavy atom. The molecule has 3 fully saturated rings. The summed E-state index contributed by atoms with van der Waals surface area (Å²) in [6.07, 6.45) is 1.16. The van der Waals surface area contributed by atoms with Crippen LogP contribution in [0.2, 0.25) is 0 Å². The van der Waals surface area contributed by atoms with Crippen molar-refractivity contribution >= 4 is 17.9 Å². The number of ether oxygens (including phenoxy) is 3. The molecule has 0 unspecified atom stereocenters. The highest BCUT2D eigenvalue weighted by atomic mass is 16.6. The molecule has 3 saturated carbocycles. The number of hydrogen-bond donors (Lipinski definition) is 3. The molecular formula is C42H46O9. The second-order valence-corrected chi connectivity index (χ2v) is 15.4. The van der Waals surface area contributed by atoms with Crippen LogP contribution in [0.3, 0.4) is 0 Å². The van der Waals surface area contributed by atoms with Gasteiger partial charge < -0.3 is 29.5 Å². The minimum atomic E-state index is -1.95. The number of benzene rings is 3. The lowest BCUT2D eigenvalue weighted by Crippen LogP contribution is -2.78. The van der Waals surface area contributed by atoms with E-state index in [4.69, 9.17) is 14.2 Å². The Labute approximate surface area is 298 Å². The van der Waals surface area contributed by atoms with E-state index >= 15 is 0 Å². The minimum Gasteiger partial charge on any atom is -0.458 e. The molecular weight excluding hydrogens is 648 g/mol. The quantitative estimate of drug-likeness (QED) is 0.150. The van der Waals surface area contributed by atoms with E-state index in [2.05, 4.69) is 6.92 Å². The predicted octanol–water partition coefficient (Wildman–Crippen LogP) is 6.22. The molecule has 0 bridgehead atoms. The van der Waals surface area contributed by atoms with E-state index in [0.717, 1.165) is 5.57 Å². The van der Waals surface area contributed by atoms with E-state index < -0.39 is 57.7 Å². The third-order valence-electron chi connectivity index (χ3n) is 13.1. The average Bonchev–Trinajstić information content (AvgIpc) is 3.38. The van der Waals surface area contributed by atoms with Crippen molar-refractivity contribution < 1.29 is 43.9 Å². The van der Waals surface area contributed by atoms with Gasteiger partial charge in [0.15, 0.2) is 0 Å². The van der Waals surface area contributed by atoms with Crippen LogP contribution in [0.5, 0.6) is 0 Å². The number of carbonyl (C=O) groups is 3. The van der Waals surface area contributed by atoms with Crippen molar-refractivity contribution in [3.63, 3.8) is 0 Å². The van der Waals surface area contributed by atoms with Gasteiger partial charge in [0, 0.05) is 12.3 Å². The van der Waals surface area contributed by atoms with Crippen LogP contribution in [0.1, 0.15) is 96.8 Å². The van der Waals surface area contributed by atoms with Crippen molar-refractivity contribution in [3.05, 3.63) is 119 Å². The Morgan fingerprint density at radius 3 is 1.82 bits per heavy atom. The van der Waals surface area contributed by atoms with E-state index in [1.165, 1.54) is 0 Å². The van der Waals surface area contributed by atoms with Crippen molar-refractivity contribution in [1.29, 1.82) is 0 Å². The van der Waals surface area contributed by atoms with E-state index in [9.17, 15) is 29.7 Å². The zero-order chi connectivity index (χ0) is 36.2. The first kappa shape index (κ1) is 35.1. The van der Waals surface area contributed by atoms with Gasteiger partial charge in [0.05, 0.1) is 22.1 Å². The van der Waals surface area contributed by atoms with Gasteiger partial charge in [-0.15, -0.1) is 0 Å². The molecule has 7 rings (SSSR count). The fourth-order valence-corrected chi connectivity index (χ4v) is 10.0. The first-order valence-electron chi connectivity index (χ1n) is 17.9. The van der Waals surface area contributed by atoms with Crippen LogP contribution in [-0.2, 0) is 14.2 Å². The first-order valence-corrected chi connectivity index (χ1v) is 17.9.